The molecule has 0 heterocycles. The van der Waals surface area contributed by atoms with E-state index in [-0.39, 0.29) is 0 Å². The van der Waals surface area contributed by atoms with Crippen molar-refractivity contribution in [3.8, 4) is 0 Å². The van der Waals surface area contributed by atoms with Crippen LogP contribution < -0.4 is 5.22 Å². The first-order chi connectivity index (χ1) is 10.9. The Bertz CT molecular complexity index is 988. The second kappa shape index (κ2) is 4.33. The van der Waals surface area contributed by atoms with Crippen molar-refractivity contribution in [3.63, 3.8) is 0 Å². The molecule has 0 aliphatic heterocycles. The molecule has 2 aliphatic rings. The molecule has 0 aromatic heterocycles. The third-order valence-electron chi connectivity index (χ3n) is 5.34. The van der Waals surface area contributed by atoms with Gasteiger partial charge >= 0.3 is 0 Å². The maximum atomic E-state index is 2.50. The van der Waals surface area contributed by atoms with Crippen LogP contribution in [0.1, 0.15) is 18.4 Å². The average molecular weight is 282 g/mol. The highest BCUT2D eigenvalue weighted by molar-refractivity contribution is 6.12. The molecule has 0 N–H and O–H groups in total. The predicted octanol–water partition coefficient (Wildman–Crippen LogP) is 4.97. The van der Waals surface area contributed by atoms with E-state index in [0.29, 0.717) is 17.8 Å². The summed E-state index contributed by atoms with van der Waals surface area (Å²) in [6, 6.07) is 15.9. The van der Waals surface area contributed by atoms with Gasteiger partial charge in [-0.1, -0.05) is 72.8 Å². The van der Waals surface area contributed by atoms with Gasteiger partial charge in [-0.05, 0) is 57.0 Å². The zero-order valence-electron chi connectivity index (χ0n) is 12.7. The quantitative estimate of drug-likeness (QED) is 0.582. The van der Waals surface area contributed by atoms with Crippen LogP contribution in [0.3, 0.4) is 0 Å². The van der Waals surface area contributed by atoms with E-state index in [4.69, 9.17) is 0 Å². The Morgan fingerprint density at radius 3 is 2.50 bits per heavy atom. The Labute approximate surface area is 130 Å². The van der Waals surface area contributed by atoms with E-state index in [1.165, 1.54) is 26.8 Å². The average Bonchev–Trinajstić information content (AvgIpc) is 3.25. The molecule has 0 spiro atoms. The summed E-state index contributed by atoms with van der Waals surface area (Å²) in [6.07, 6.45) is 11.3. The van der Waals surface area contributed by atoms with E-state index < -0.39 is 0 Å². The van der Waals surface area contributed by atoms with Gasteiger partial charge in [0.05, 0.1) is 0 Å². The van der Waals surface area contributed by atoms with Crippen LogP contribution in [0.15, 0.2) is 66.8 Å². The highest BCUT2D eigenvalue weighted by Gasteiger charge is 2.49. The predicted molar refractivity (Wildman–Crippen MR) is 94.8 cm³/mol. The Morgan fingerprint density at radius 1 is 0.864 bits per heavy atom. The van der Waals surface area contributed by atoms with Crippen LogP contribution in [-0.4, -0.2) is 0 Å². The summed E-state index contributed by atoms with van der Waals surface area (Å²) >= 11 is 0. The molecule has 2 aliphatic carbocycles. The first-order valence-electron chi connectivity index (χ1n) is 8.14. The topological polar surface area (TPSA) is 0 Å². The van der Waals surface area contributed by atoms with Gasteiger partial charge in [0.2, 0.25) is 0 Å². The van der Waals surface area contributed by atoms with E-state index in [1.54, 1.807) is 5.56 Å². The second-order valence-electron chi connectivity index (χ2n) is 6.52. The summed E-state index contributed by atoms with van der Waals surface area (Å²) in [7, 11) is 0. The summed E-state index contributed by atoms with van der Waals surface area (Å²) in [4.78, 5) is 0. The van der Waals surface area contributed by atoms with E-state index in [0.717, 1.165) is 0 Å². The largest absolute Gasteiger partial charge is 0.0877 e. The van der Waals surface area contributed by atoms with Gasteiger partial charge in [0.15, 0.2) is 0 Å². The Kier molecular flexibility index (Phi) is 2.41. The number of hydrogen-bond donors (Lipinski definition) is 0. The van der Waals surface area contributed by atoms with Crippen LogP contribution in [0.2, 0.25) is 0 Å². The fourth-order valence-electron chi connectivity index (χ4n) is 4.30. The van der Waals surface area contributed by atoms with Crippen LogP contribution in [0.4, 0.5) is 0 Å². The van der Waals surface area contributed by atoms with Crippen molar-refractivity contribution < 1.29 is 0 Å². The minimum absolute atomic E-state index is 0.670. The molecule has 0 bridgehead atoms. The number of hydrogen-bond acceptors (Lipinski definition) is 0. The maximum absolute atomic E-state index is 2.50. The summed E-state index contributed by atoms with van der Waals surface area (Å²) < 4.78 is 0. The summed E-state index contributed by atoms with van der Waals surface area (Å²) in [5, 5.41) is 7.12. The lowest BCUT2D eigenvalue weighted by molar-refractivity contribution is 1.02. The number of benzene rings is 3. The number of fused-ring (bicyclic) bond motifs is 2. The molecule has 0 amide bonds. The molecule has 0 radical (unpaired) electrons. The zero-order valence-corrected chi connectivity index (χ0v) is 12.7. The lowest BCUT2D eigenvalue weighted by Crippen LogP contribution is -2.09. The lowest BCUT2D eigenvalue weighted by Gasteiger charge is -2.14. The molecule has 1 saturated carbocycles. The fraction of sp³-hybridized carbons (Fsp3) is 0.182. The molecular weight excluding hydrogens is 264 g/mol. The normalized spacial score (nSPS) is 26.0. The fourth-order valence-corrected chi connectivity index (χ4v) is 4.30. The van der Waals surface area contributed by atoms with Gasteiger partial charge in [-0.25, -0.2) is 0 Å². The van der Waals surface area contributed by atoms with Gasteiger partial charge in [-0.3, -0.25) is 0 Å². The van der Waals surface area contributed by atoms with Crippen LogP contribution >= 0.6 is 0 Å². The highest BCUT2D eigenvalue weighted by atomic mass is 14.5. The van der Waals surface area contributed by atoms with Crippen LogP contribution in [0.25, 0.3) is 27.6 Å². The molecule has 3 aromatic rings. The van der Waals surface area contributed by atoms with Crippen molar-refractivity contribution in [1.29, 1.82) is 0 Å². The van der Waals surface area contributed by atoms with Gasteiger partial charge in [0.25, 0.3) is 0 Å². The van der Waals surface area contributed by atoms with Crippen molar-refractivity contribution in [2.75, 3.05) is 0 Å². The summed E-state index contributed by atoms with van der Waals surface area (Å²) in [5.41, 5.74) is 1.56. The molecule has 0 saturated heterocycles. The molecule has 0 nitrogen and oxygen atoms in total. The minimum atomic E-state index is 0.670. The van der Waals surface area contributed by atoms with E-state index in [9.17, 15) is 0 Å². The van der Waals surface area contributed by atoms with Crippen LogP contribution in [0.5, 0.6) is 0 Å². The molecule has 2 unspecified atom stereocenters. The van der Waals surface area contributed by atoms with Gasteiger partial charge in [-0.15, -0.1) is 0 Å². The van der Waals surface area contributed by atoms with Crippen LogP contribution in [-0.2, 0) is 0 Å². The molecule has 3 aromatic carbocycles. The first kappa shape index (κ1) is 12.2. The second-order valence-corrected chi connectivity index (χ2v) is 6.52. The smallest absolute Gasteiger partial charge is 0.00175 e. The van der Waals surface area contributed by atoms with Gasteiger partial charge in [0, 0.05) is 0 Å². The molecular formula is C22H18. The van der Waals surface area contributed by atoms with Gasteiger partial charge in [0.1, 0.15) is 0 Å². The molecule has 1 fully saturated rings. The van der Waals surface area contributed by atoms with Crippen molar-refractivity contribution in [3.05, 3.63) is 77.6 Å². The highest BCUT2D eigenvalue weighted by Crippen LogP contribution is 2.58. The van der Waals surface area contributed by atoms with E-state index >= 15 is 0 Å². The van der Waals surface area contributed by atoms with Crippen molar-refractivity contribution in [1.82, 2.24) is 0 Å². The number of rotatable bonds is 2. The standard InChI is InChI=1S/C22H18/c1-2-3-4-8-17-19-13-16-10-9-14-6-5-7-15-11-12-18(22(17)19)21(16)20(14)15/h2-13,17,19,22H,1H3/b3-2-,8-4+/t17?,19?,22-/m0/s1. The Hall–Kier alpha value is -2.34. The van der Waals surface area contributed by atoms with Crippen molar-refractivity contribution in [2.24, 2.45) is 11.8 Å². The van der Waals surface area contributed by atoms with Crippen molar-refractivity contribution >= 4 is 27.6 Å². The first-order valence-corrected chi connectivity index (χ1v) is 8.14. The molecule has 22 heavy (non-hydrogen) atoms. The third-order valence-corrected chi connectivity index (χ3v) is 5.34. The molecule has 106 valence electrons. The van der Waals surface area contributed by atoms with Crippen LogP contribution in [0, 0.1) is 11.8 Å². The van der Waals surface area contributed by atoms with E-state index in [2.05, 4.69) is 79.8 Å². The minimum Gasteiger partial charge on any atom is -0.0877 e. The monoisotopic (exact) mass is 282 g/mol. The summed E-state index contributed by atoms with van der Waals surface area (Å²) in [5.74, 6) is 2.05. The molecule has 5 rings (SSSR count). The SMILES string of the molecule is C/C=C\C=C\C1C2C=c3ccc4cccc5ccc(c3c54)[C@@H]21. The lowest BCUT2D eigenvalue weighted by atomic mass is 9.90. The Balaban J connectivity index is 1.76. The molecule has 3 atom stereocenters. The van der Waals surface area contributed by atoms with Gasteiger partial charge < -0.3 is 0 Å². The van der Waals surface area contributed by atoms with Crippen molar-refractivity contribution in [2.45, 2.75) is 12.8 Å². The third kappa shape index (κ3) is 1.53. The van der Waals surface area contributed by atoms with E-state index in [1.807, 2.05) is 0 Å². The zero-order chi connectivity index (χ0) is 14.7. The maximum Gasteiger partial charge on any atom is -0.00175 e. The summed E-state index contributed by atoms with van der Waals surface area (Å²) in [6.45, 7) is 2.07. The Morgan fingerprint density at radius 2 is 1.68 bits per heavy atom. The van der Waals surface area contributed by atoms with Gasteiger partial charge in [-0.2, -0.15) is 0 Å². The molecule has 0 heteroatoms. The number of allylic oxidation sites excluding steroid dienone is 4.